The monoisotopic (exact) mass is 337 g/mol. The van der Waals surface area contributed by atoms with E-state index in [1.807, 2.05) is 18.2 Å². The molecule has 0 spiro atoms. The van der Waals surface area contributed by atoms with Crippen molar-refractivity contribution in [3.8, 4) is 0 Å². The summed E-state index contributed by atoms with van der Waals surface area (Å²) >= 11 is 0. The first kappa shape index (κ1) is 17.6. The molecule has 0 aliphatic carbocycles. The lowest BCUT2D eigenvalue weighted by Crippen LogP contribution is -2.49. The zero-order valence-corrected chi connectivity index (χ0v) is 15.3. The number of benzene rings is 2. The number of rotatable bonds is 4. The summed E-state index contributed by atoms with van der Waals surface area (Å²) in [7, 11) is 2.14. The first-order valence-corrected chi connectivity index (χ1v) is 8.87. The molecule has 1 N–H and O–H groups in total. The van der Waals surface area contributed by atoms with Crippen LogP contribution < -0.4 is 5.32 Å². The van der Waals surface area contributed by atoms with Crippen molar-refractivity contribution in [2.24, 2.45) is 0 Å². The van der Waals surface area contributed by atoms with Gasteiger partial charge >= 0.3 is 0 Å². The third kappa shape index (κ3) is 4.68. The Morgan fingerprint density at radius 2 is 1.76 bits per heavy atom. The predicted octanol–water partition coefficient (Wildman–Crippen LogP) is 3.23. The van der Waals surface area contributed by atoms with Gasteiger partial charge < -0.3 is 10.2 Å². The Morgan fingerprint density at radius 1 is 1.08 bits per heavy atom. The molecule has 1 aliphatic rings. The highest BCUT2D eigenvalue weighted by molar-refractivity contribution is 5.92. The summed E-state index contributed by atoms with van der Waals surface area (Å²) in [5.41, 5.74) is 4.48. The molecule has 25 heavy (non-hydrogen) atoms. The molecule has 0 radical (unpaired) electrons. The highest BCUT2D eigenvalue weighted by atomic mass is 16.2. The fourth-order valence-corrected chi connectivity index (χ4v) is 3.57. The van der Waals surface area contributed by atoms with E-state index in [1.165, 1.54) is 5.56 Å². The maximum Gasteiger partial charge on any atom is 0.238 e. The lowest BCUT2D eigenvalue weighted by molar-refractivity contribution is -0.118. The summed E-state index contributed by atoms with van der Waals surface area (Å²) in [6, 6.07) is 16.9. The minimum absolute atomic E-state index is 0.0514. The molecule has 1 unspecified atom stereocenters. The van der Waals surface area contributed by atoms with E-state index in [0.29, 0.717) is 6.54 Å². The van der Waals surface area contributed by atoms with Crippen LogP contribution in [-0.4, -0.2) is 48.9 Å². The van der Waals surface area contributed by atoms with Gasteiger partial charge in [0.1, 0.15) is 0 Å². The Kier molecular flexibility index (Phi) is 5.51. The number of nitrogens with zero attached hydrogens (tertiary/aromatic N) is 2. The summed E-state index contributed by atoms with van der Waals surface area (Å²) < 4.78 is 0. The summed E-state index contributed by atoms with van der Waals surface area (Å²) in [5, 5.41) is 3.06. The number of likely N-dealkylation sites (N-methyl/N-ethyl adjacent to an activating group) is 1. The molecule has 1 fully saturated rings. The van der Waals surface area contributed by atoms with Crippen molar-refractivity contribution in [3.63, 3.8) is 0 Å². The SMILES string of the molecule is Cc1cc(C)cc(NC(=O)CN2CCN(C)CC2c2ccccc2)c1. The fraction of sp³-hybridized carbons (Fsp3) is 0.381. The fourth-order valence-electron chi connectivity index (χ4n) is 3.57. The van der Waals surface area contributed by atoms with Crippen LogP contribution in [0, 0.1) is 13.8 Å². The molecule has 1 atom stereocenters. The van der Waals surface area contributed by atoms with Crippen molar-refractivity contribution in [3.05, 3.63) is 65.2 Å². The molecular weight excluding hydrogens is 310 g/mol. The van der Waals surface area contributed by atoms with E-state index in [0.717, 1.165) is 36.4 Å². The van der Waals surface area contributed by atoms with Gasteiger partial charge in [0.05, 0.1) is 6.54 Å². The van der Waals surface area contributed by atoms with Gasteiger partial charge in [-0.2, -0.15) is 0 Å². The molecule has 0 saturated carbocycles. The lowest BCUT2D eigenvalue weighted by atomic mass is 10.0. The Hall–Kier alpha value is -2.17. The average molecular weight is 337 g/mol. The molecule has 132 valence electrons. The number of piperazine rings is 1. The van der Waals surface area contributed by atoms with Gasteiger partial charge in [0.2, 0.25) is 5.91 Å². The molecular formula is C21H27N3O. The molecule has 2 aromatic carbocycles. The van der Waals surface area contributed by atoms with E-state index in [9.17, 15) is 4.79 Å². The van der Waals surface area contributed by atoms with Crippen molar-refractivity contribution < 1.29 is 4.79 Å². The van der Waals surface area contributed by atoms with Gasteiger partial charge in [-0.15, -0.1) is 0 Å². The van der Waals surface area contributed by atoms with E-state index in [4.69, 9.17) is 0 Å². The minimum atomic E-state index is 0.0514. The second-order valence-corrected chi connectivity index (χ2v) is 7.08. The van der Waals surface area contributed by atoms with Crippen LogP contribution >= 0.6 is 0 Å². The van der Waals surface area contributed by atoms with Gasteiger partial charge in [-0.05, 0) is 49.7 Å². The Balaban J connectivity index is 1.70. The van der Waals surface area contributed by atoms with Crippen LogP contribution in [0.4, 0.5) is 5.69 Å². The van der Waals surface area contributed by atoms with E-state index in [1.54, 1.807) is 0 Å². The van der Waals surface area contributed by atoms with Crippen molar-refractivity contribution >= 4 is 11.6 Å². The topological polar surface area (TPSA) is 35.6 Å². The Labute approximate surface area is 150 Å². The van der Waals surface area contributed by atoms with Gasteiger partial charge in [-0.25, -0.2) is 0 Å². The first-order valence-electron chi connectivity index (χ1n) is 8.87. The van der Waals surface area contributed by atoms with Crippen molar-refractivity contribution in [2.45, 2.75) is 19.9 Å². The second kappa shape index (κ2) is 7.81. The van der Waals surface area contributed by atoms with E-state index >= 15 is 0 Å². The highest BCUT2D eigenvalue weighted by Crippen LogP contribution is 2.24. The maximum atomic E-state index is 12.6. The van der Waals surface area contributed by atoms with Crippen LogP contribution in [0.2, 0.25) is 0 Å². The van der Waals surface area contributed by atoms with Crippen molar-refractivity contribution in [1.82, 2.24) is 9.80 Å². The normalized spacial score (nSPS) is 18.9. The van der Waals surface area contributed by atoms with E-state index in [-0.39, 0.29) is 11.9 Å². The molecule has 2 aromatic rings. The van der Waals surface area contributed by atoms with Crippen LogP contribution in [0.15, 0.2) is 48.5 Å². The minimum Gasteiger partial charge on any atom is -0.325 e. The number of hydrogen-bond acceptors (Lipinski definition) is 3. The lowest BCUT2D eigenvalue weighted by Gasteiger charge is -2.39. The van der Waals surface area contributed by atoms with Crippen LogP contribution in [0.25, 0.3) is 0 Å². The van der Waals surface area contributed by atoms with Crippen molar-refractivity contribution in [2.75, 3.05) is 38.5 Å². The van der Waals surface area contributed by atoms with Crippen LogP contribution in [0.1, 0.15) is 22.7 Å². The molecule has 3 rings (SSSR count). The number of anilines is 1. The predicted molar refractivity (Wildman–Crippen MR) is 103 cm³/mol. The largest absolute Gasteiger partial charge is 0.325 e. The smallest absolute Gasteiger partial charge is 0.238 e. The quantitative estimate of drug-likeness (QED) is 0.930. The van der Waals surface area contributed by atoms with Crippen LogP contribution in [0.5, 0.6) is 0 Å². The van der Waals surface area contributed by atoms with E-state index < -0.39 is 0 Å². The summed E-state index contributed by atoms with van der Waals surface area (Å²) in [6.07, 6.45) is 0. The number of amides is 1. The number of nitrogens with one attached hydrogen (secondary N) is 1. The zero-order chi connectivity index (χ0) is 17.8. The second-order valence-electron chi connectivity index (χ2n) is 7.08. The maximum absolute atomic E-state index is 12.6. The van der Waals surface area contributed by atoms with Gasteiger partial charge in [-0.1, -0.05) is 36.4 Å². The van der Waals surface area contributed by atoms with Crippen LogP contribution in [-0.2, 0) is 4.79 Å². The summed E-state index contributed by atoms with van der Waals surface area (Å²) in [6.45, 7) is 7.35. The number of carbonyl (C=O) groups excluding carboxylic acids is 1. The number of carbonyl (C=O) groups is 1. The summed E-state index contributed by atoms with van der Waals surface area (Å²) in [4.78, 5) is 17.2. The Bertz CT molecular complexity index is 709. The summed E-state index contributed by atoms with van der Waals surface area (Å²) in [5.74, 6) is 0.0514. The third-order valence-corrected chi connectivity index (χ3v) is 4.73. The van der Waals surface area contributed by atoms with Gasteiger partial charge in [-0.3, -0.25) is 9.69 Å². The van der Waals surface area contributed by atoms with Gasteiger partial charge in [0, 0.05) is 31.4 Å². The zero-order valence-electron chi connectivity index (χ0n) is 15.3. The molecule has 1 heterocycles. The molecule has 4 nitrogen and oxygen atoms in total. The Morgan fingerprint density at radius 3 is 2.44 bits per heavy atom. The molecule has 1 aliphatic heterocycles. The number of aryl methyl sites for hydroxylation is 2. The third-order valence-electron chi connectivity index (χ3n) is 4.73. The molecule has 4 heteroatoms. The average Bonchev–Trinajstić information content (AvgIpc) is 2.56. The van der Waals surface area contributed by atoms with Gasteiger partial charge in [0.25, 0.3) is 0 Å². The molecule has 0 aromatic heterocycles. The molecule has 1 amide bonds. The highest BCUT2D eigenvalue weighted by Gasteiger charge is 2.27. The van der Waals surface area contributed by atoms with Crippen LogP contribution in [0.3, 0.4) is 0 Å². The first-order chi connectivity index (χ1) is 12.0. The molecule has 0 bridgehead atoms. The van der Waals surface area contributed by atoms with Gasteiger partial charge in [0.15, 0.2) is 0 Å². The van der Waals surface area contributed by atoms with E-state index in [2.05, 4.69) is 66.3 Å². The van der Waals surface area contributed by atoms with Crippen molar-refractivity contribution in [1.29, 1.82) is 0 Å². The standard InChI is InChI=1S/C21H27N3O/c1-16-11-17(2)13-19(12-16)22-21(25)15-24-10-9-23(3)14-20(24)18-7-5-4-6-8-18/h4-8,11-13,20H,9-10,14-15H2,1-3H3,(H,22,25). The number of hydrogen-bond donors (Lipinski definition) is 1. The molecule has 1 saturated heterocycles.